The van der Waals surface area contributed by atoms with Gasteiger partial charge in [0.2, 0.25) is 5.91 Å². The van der Waals surface area contributed by atoms with E-state index in [1.54, 1.807) is 35.2 Å². The van der Waals surface area contributed by atoms with Crippen molar-refractivity contribution < 1.29 is 23.9 Å². The van der Waals surface area contributed by atoms with Crippen LogP contribution in [0.25, 0.3) is 0 Å². The van der Waals surface area contributed by atoms with E-state index in [1.165, 1.54) is 4.90 Å². The molecule has 1 saturated carbocycles. The number of primary amides is 1. The number of piperidine rings is 1. The number of likely N-dealkylation sites (tertiary alicyclic amines) is 1. The Labute approximate surface area is 307 Å². The van der Waals surface area contributed by atoms with E-state index in [4.69, 9.17) is 22.1 Å². The number of aromatic nitrogens is 2. The quantitative estimate of drug-likeness (QED) is 0.338. The molecule has 0 bridgehead atoms. The van der Waals surface area contributed by atoms with Crippen LogP contribution in [0.1, 0.15) is 78.1 Å². The SMILES string of the molecule is CC1(C)C(Oc2ccc(C#N)c(Cl)c2)C(C)(C)C1N1C(=O)CCC(N2Cc3cc(CN4CCN(c5ccc(C(N)=O)nn5)CC4)ccc3C2=O)C1=O. The molecule has 4 heterocycles. The van der Waals surface area contributed by atoms with Gasteiger partial charge >= 0.3 is 0 Å². The van der Waals surface area contributed by atoms with E-state index in [-0.39, 0.29) is 42.4 Å². The fourth-order valence-corrected chi connectivity index (χ4v) is 9.20. The number of nitrogens with zero attached hydrogens (tertiary/aromatic N) is 7. The third-order valence-electron chi connectivity index (χ3n) is 11.1. The Balaban J connectivity index is 1.01. The molecule has 7 rings (SSSR count). The van der Waals surface area contributed by atoms with Crippen LogP contribution in [0.3, 0.4) is 0 Å². The number of carbonyl (C=O) groups excluding carboxylic acids is 4. The van der Waals surface area contributed by atoms with Crippen LogP contribution in [-0.2, 0) is 22.7 Å². The lowest BCUT2D eigenvalue weighted by Gasteiger charge is -2.66. The molecule has 1 aromatic heterocycles. The van der Waals surface area contributed by atoms with Gasteiger partial charge in [-0.25, -0.2) is 0 Å². The molecule has 0 radical (unpaired) electrons. The predicted molar refractivity (Wildman–Crippen MR) is 191 cm³/mol. The number of benzene rings is 2. The van der Waals surface area contributed by atoms with Crippen LogP contribution in [-0.4, -0.2) is 92.9 Å². The Morgan fingerprint density at radius 1 is 1.00 bits per heavy atom. The van der Waals surface area contributed by atoms with Gasteiger partial charge in [-0.05, 0) is 47.9 Å². The fourth-order valence-electron chi connectivity index (χ4n) is 8.99. The molecule has 1 aliphatic carbocycles. The number of carbonyl (C=O) groups is 4. The second kappa shape index (κ2) is 13.2. The zero-order chi connectivity index (χ0) is 37.1. The lowest BCUT2D eigenvalue weighted by atomic mass is 9.48. The molecule has 13 nitrogen and oxygen atoms in total. The molecular formula is C38H41ClN8O5. The van der Waals surface area contributed by atoms with Gasteiger partial charge in [0.05, 0.1) is 16.6 Å². The van der Waals surface area contributed by atoms with Crippen LogP contribution in [0.4, 0.5) is 5.82 Å². The number of imide groups is 1. The fraction of sp³-hybridized carbons (Fsp3) is 0.447. The minimum Gasteiger partial charge on any atom is -0.489 e. The Kier molecular flexibility index (Phi) is 8.95. The molecule has 3 fully saturated rings. The van der Waals surface area contributed by atoms with Crippen molar-refractivity contribution in [1.29, 1.82) is 5.26 Å². The minimum absolute atomic E-state index is 0.132. The molecular weight excluding hydrogens is 684 g/mol. The van der Waals surface area contributed by atoms with E-state index in [0.29, 0.717) is 40.8 Å². The molecule has 2 aromatic carbocycles. The molecule has 52 heavy (non-hydrogen) atoms. The van der Waals surface area contributed by atoms with Crippen molar-refractivity contribution in [2.24, 2.45) is 16.6 Å². The topological polar surface area (TPSA) is 166 Å². The molecule has 4 aliphatic rings. The molecule has 2 saturated heterocycles. The second-order valence-electron chi connectivity index (χ2n) is 15.3. The lowest BCUT2D eigenvalue weighted by Crippen LogP contribution is -2.77. The van der Waals surface area contributed by atoms with Gasteiger partial charge in [-0.3, -0.25) is 29.0 Å². The molecule has 14 heteroatoms. The van der Waals surface area contributed by atoms with E-state index in [1.807, 2.05) is 45.9 Å². The number of halogens is 1. The number of hydrogen-bond donors (Lipinski definition) is 1. The van der Waals surface area contributed by atoms with E-state index in [9.17, 15) is 24.4 Å². The smallest absolute Gasteiger partial charge is 0.269 e. The summed E-state index contributed by atoms with van der Waals surface area (Å²) in [5.74, 6) is -0.195. The second-order valence-corrected chi connectivity index (χ2v) is 15.7. The summed E-state index contributed by atoms with van der Waals surface area (Å²) in [4.78, 5) is 60.4. The lowest BCUT2D eigenvalue weighted by molar-refractivity contribution is -0.216. The number of anilines is 1. The van der Waals surface area contributed by atoms with Gasteiger partial charge < -0.3 is 20.3 Å². The number of fused-ring (bicyclic) bond motifs is 1. The summed E-state index contributed by atoms with van der Waals surface area (Å²) in [5.41, 5.74) is 7.07. The maximum Gasteiger partial charge on any atom is 0.269 e. The van der Waals surface area contributed by atoms with Crippen molar-refractivity contribution in [2.45, 2.75) is 71.8 Å². The van der Waals surface area contributed by atoms with Crippen molar-refractivity contribution in [3.8, 4) is 11.8 Å². The average molecular weight is 725 g/mol. The molecule has 3 aliphatic heterocycles. The summed E-state index contributed by atoms with van der Waals surface area (Å²) in [7, 11) is 0. The maximum absolute atomic E-state index is 14.3. The molecule has 1 unspecified atom stereocenters. The number of rotatable bonds is 8. The van der Waals surface area contributed by atoms with Crippen LogP contribution in [0.2, 0.25) is 5.02 Å². The summed E-state index contributed by atoms with van der Waals surface area (Å²) in [6, 6.07) is 15.0. The Morgan fingerprint density at radius 3 is 2.37 bits per heavy atom. The highest BCUT2D eigenvalue weighted by Gasteiger charge is 2.68. The third kappa shape index (κ3) is 6.03. The molecule has 4 amide bonds. The first-order valence-electron chi connectivity index (χ1n) is 17.5. The van der Waals surface area contributed by atoms with Crippen LogP contribution < -0.4 is 15.4 Å². The van der Waals surface area contributed by atoms with E-state index >= 15 is 0 Å². The summed E-state index contributed by atoms with van der Waals surface area (Å²) < 4.78 is 6.41. The minimum atomic E-state index is -0.752. The van der Waals surface area contributed by atoms with Gasteiger partial charge in [-0.1, -0.05) is 51.4 Å². The predicted octanol–water partition coefficient (Wildman–Crippen LogP) is 3.78. The van der Waals surface area contributed by atoms with Gasteiger partial charge in [0, 0.05) is 68.1 Å². The first-order valence-corrected chi connectivity index (χ1v) is 17.8. The Bertz CT molecular complexity index is 1990. The van der Waals surface area contributed by atoms with Crippen LogP contribution in [0.15, 0.2) is 48.5 Å². The Morgan fingerprint density at radius 2 is 1.73 bits per heavy atom. The van der Waals surface area contributed by atoms with Crippen molar-refractivity contribution in [3.05, 3.63) is 81.5 Å². The van der Waals surface area contributed by atoms with Crippen molar-refractivity contribution >= 4 is 41.0 Å². The van der Waals surface area contributed by atoms with Gasteiger partial charge in [0.1, 0.15) is 24.0 Å². The number of piperazine rings is 1. The average Bonchev–Trinajstić information content (AvgIpc) is 3.43. The number of nitriles is 1. The number of nitrogens with two attached hydrogens (primary N) is 1. The highest BCUT2D eigenvalue weighted by Crippen LogP contribution is 2.58. The molecule has 3 aromatic rings. The zero-order valence-electron chi connectivity index (χ0n) is 29.6. The molecule has 0 spiro atoms. The van der Waals surface area contributed by atoms with Gasteiger partial charge in [0.25, 0.3) is 17.7 Å². The Hall–Kier alpha value is -5.06. The van der Waals surface area contributed by atoms with Crippen molar-refractivity contribution in [3.63, 3.8) is 0 Å². The van der Waals surface area contributed by atoms with E-state index in [0.717, 1.165) is 37.3 Å². The highest BCUT2D eigenvalue weighted by molar-refractivity contribution is 6.31. The van der Waals surface area contributed by atoms with Gasteiger partial charge in [-0.2, -0.15) is 5.26 Å². The van der Waals surface area contributed by atoms with Crippen molar-refractivity contribution in [1.82, 2.24) is 24.9 Å². The van der Waals surface area contributed by atoms with E-state index in [2.05, 4.69) is 26.1 Å². The van der Waals surface area contributed by atoms with Gasteiger partial charge in [-0.15, -0.1) is 10.2 Å². The molecule has 2 N–H and O–H groups in total. The molecule has 270 valence electrons. The van der Waals surface area contributed by atoms with Crippen LogP contribution in [0, 0.1) is 22.2 Å². The normalized spacial score (nSPS) is 24.0. The van der Waals surface area contributed by atoms with E-state index < -0.39 is 28.8 Å². The summed E-state index contributed by atoms with van der Waals surface area (Å²) in [5, 5.41) is 17.6. The van der Waals surface area contributed by atoms with Crippen molar-refractivity contribution in [2.75, 3.05) is 31.1 Å². The zero-order valence-corrected chi connectivity index (χ0v) is 30.4. The summed E-state index contributed by atoms with van der Waals surface area (Å²) in [6.45, 7) is 12.0. The summed E-state index contributed by atoms with van der Waals surface area (Å²) in [6.07, 6.45) is 0.0731. The summed E-state index contributed by atoms with van der Waals surface area (Å²) >= 11 is 6.27. The number of hydrogen-bond acceptors (Lipinski definition) is 10. The number of amides is 4. The highest BCUT2D eigenvalue weighted by atomic mass is 35.5. The van der Waals surface area contributed by atoms with Crippen LogP contribution in [0.5, 0.6) is 5.75 Å². The molecule has 1 atom stereocenters. The first-order chi connectivity index (χ1) is 24.7. The number of ether oxygens (including phenoxy) is 1. The standard InChI is InChI=1S/C38H41ClN8O5/c1-37(2)35(38(3,4)36(37)52-25-7-6-23(19-40)27(39)18-25)47-31(48)12-10-29(34(47)51)46-21-24-17-22(5-8-26(24)33(46)50)20-44-13-15-45(16-14-44)30-11-9-28(32(41)49)42-43-30/h5-9,11,17-18,29,35-36H,10,12-16,20-21H2,1-4H3,(H2,41,49). The monoisotopic (exact) mass is 724 g/mol. The van der Waals surface area contributed by atoms with Crippen LogP contribution >= 0.6 is 11.6 Å². The third-order valence-corrected chi connectivity index (χ3v) is 11.5. The van der Waals surface area contributed by atoms with Gasteiger partial charge in [0.15, 0.2) is 11.5 Å². The maximum atomic E-state index is 14.3. The largest absolute Gasteiger partial charge is 0.489 e. The first kappa shape index (κ1) is 35.3.